The molecule has 1 unspecified atom stereocenters. The van der Waals surface area contributed by atoms with E-state index >= 15 is 0 Å². The molecule has 0 bridgehead atoms. The van der Waals surface area contributed by atoms with E-state index in [0.717, 1.165) is 66.9 Å². The fourth-order valence-corrected chi connectivity index (χ4v) is 16.7. The van der Waals surface area contributed by atoms with E-state index in [1.165, 1.54) is 29.7 Å². The number of hydrogen-bond acceptors (Lipinski definition) is 20. The molecule has 0 spiro atoms. The average Bonchev–Trinajstić information content (AvgIpc) is 1.61. The molecule has 0 fully saturated rings. The fraction of sp³-hybridized carbons (Fsp3) is 0.267. The normalized spacial score (nSPS) is 11.3. The number of carbonyl (C=O) groups excluding carboxylic acids is 2. The highest BCUT2D eigenvalue weighted by atomic mass is 35.5. The Morgan fingerprint density at radius 2 is 0.897 bits per heavy atom. The quantitative estimate of drug-likeness (QED) is 0.0213. The first-order valence-electron chi connectivity index (χ1n) is 38.9. The Morgan fingerprint density at radius 3 is 1.30 bits per heavy atom. The Balaban J connectivity index is 0.000000177. The number of carboxylic acid groups (broad SMARTS) is 5. The second-order valence-corrected chi connectivity index (χ2v) is 32.4. The number of aromatic nitrogens is 7. The molecule has 0 saturated heterocycles. The predicted molar refractivity (Wildman–Crippen MR) is 489 cm³/mol. The highest BCUT2D eigenvalue weighted by Gasteiger charge is 2.30. The van der Waals surface area contributed by atoms with Crippen molar-refractivity contribution in [3.63, 3.8) is 0 Å². The predicted octanol–water partition coefficient (Wildman–Crippen LogP) is 15.8. The van der Waals surface area contributed by atoms with Gasteiger partial charge < -0.3 is 77.0 Å². The van der Waals surface area contributed by atoms with Crippen LogP contribution in [0.15, 0.2) is 152 Å². The number of para-hydroxylation sites is 1. The Morgan fingerprint density at radius 1 is 0.476 bits per heavy atom. The third-order valence-corrected chi connectivity index (χ3v) is 23.4. The van der Waals surface area contributed by atoms with Crippen molar-refractivity contribution >= 4 is 187 Å². The van der Waals surface area contributed by atoms with Crippen molar-refractivity contribution in [3.05, 3.63) is 238 Å². The number of aliphatic hydroxyl groups is 3. The number of fused-ring (bicyclic) bond motifs is 6. The van der Waals surface area contributed by atoms with Crippen LogP contribution in [0.1, 0.15) is 104 Å². The van der Waals surface area contributed by atoms with Crippen LogP contribution >= 0.6 is 80.9 Å². The average molecular weight is 1860 g/mol. The van der Waals surface area contributed by atoms with Crippen molar-refractivity contribution in [3.8, 4) is 33.9 Å². The third kappa shape index (κ3) is 23.4. The number of thiazole rings is 1. The molecule has 15 N–H and O–H groups in total. The number of nitrogens with two attached hydrogens (primary N) is 2. The van der Waals surface area contributed by atoms with Gasteiger partial charge in [-0.2, -0.15) is 0 Å². The van der Waals surface area contributed by atoms with Crippen LogP contribution < -0.4 is 36.1 Å². The minimum atomic E-state index is -0.986. The highest BCUT2D eigenvalue weighted by molar-refractivity contribution is 7.20. The number of halogens is 6. The van der Waals surface area contributed by atoms with Crippen molar-refractivity contribution in [2.24, 2.45) is 11.5 Å². The van der Waals surface area contributed by atoms with Gasteiger partial charge in [-0.25, -0.2) is 15.0 Å². The van der Waals surface area contributed by atoms with Gasteiger partial charge in [-0.15, -0.1) is 0 Å². The number of aliphatic carboxylic acids is 5. The topological polar surface area (TPSA) is 456 Å². The van der Waals surface area contributed by atoms with Gasteiger partial charge in [0.1, 0.15) is 46.7 Å². The summed E-state index contributed by atoms with van der Waals surface area (Å²) in [4.78, 5) is 95.1. The van der Waals surface area contributed by atoms with Crippen LogP contribution in [0.4, 0.5) is 0 Å². The molecule has 6 aromatic heterocycles. The summed E-state index contributed by atoms with van der Waals surface area (Å²) < 4.78 is 29.1. The summed E-state index contributed by atoms with van der Waals surface area (Å²) in [5, 5.41) is 78.6. The van der Waals surface area contributed by atoms with Gasteiger partial charge in [0.25, 0.3) is 11.8 Å². The number of rotatable bonds is 27. The molecule has 664 valence electrons. The van der Waals surface area contributed by atoms with Gasteiger partial charge in [0.05, 0.1) is 107 Å². The van der Waals surface area contributed by atoms with Crippen LogP contribution in [-0.4, -0.2) is 182 Å². The van der Waals surface area contributed by atoms with E-state index in [-0.39, 0.29) is 62.9 Å². The number of carbonyl (C=O) groups is 7. The van der Waals surface area contributed by atoms with Gasteiger partial charge in [-0.3, -0.25) is 51.8 Å². The molecule has 8 aromatic carbocycles. The first kappa shape index (κ1) is 98.3. The van der Waals surface area contributed by atoms with E-state index in [2.05, 4.69) is 15.7 Å². The molecule has 36 heteroatoms. The second-order valence-electron chi connectivity index (χ2n) is 28.9. The summed E-state index contributed by atoms with van der Waals surface area (Å²) in [6.45, 7) is 8.02. The molecular weight excluding hydrogens is 1770 g/mol. The molecule has 0 radical (unpaired) electrons. The van der Waals surface area contributed by atoms with Crippen LogP contribution in [0.25, 0.3) is 75.7 Å². The van der Waals surface area contributed by atoms with Crippen molar-refractivity contribution in [1.29, 1.82) is 0 Å². The number of hydrogen-bond donors (Lipinski definition) is 11. The monoisotopic (exact) mass is 1860 g/mol. The zero-order valence-electron chi connectivity index (χ0n) is 69.6. The van der Waals surface area contributed by atoms with Crippen molar-refractivity contribution in [1.82, 2.24) is 33.2 Å². The molecule has 0 aliphatic heterocycles. The molecule has 0 saturated carbocycles. The molecule has 0 aliphatic carbocycles. The van der Waals surface area contributed by atoms with E-state index < -0.39 is 35.9 Å². The lowest BCUT2D eigenvalue weighted by Crippen LogP contribution is -2.73. The van der Waals surface area contributed by atoms with Crippen molar-refractivity contribution < 1.29 is 99.1 Å². The maximum Gasteiger partial charge on any atom is 0.320 e. The summed E-state index contributed by atoms with van der Waals surface area (Å²) >= 11 is 38.4. The zero-order valence-corrected chi connectivity index (χ0v) is 75.0. The number of carboxylic acids is 5. The van der Waals surface area contributed by atoms with Crippen LogP contribution in [0.5, 0.6) is 23.0 Å². The second kappa shape index (κ2) is 44.6. The largest absolute Gasteiger partial charge is 0.497 e. The van der Waals surface area contributed by atoms with Crippen LogP contribution in [-0.2, 0) is 49.7 Å². The van der Waals surface area contributed by atoms with Crippen LogP contribution in [0.2, 0.25) is 30.1 Å². The number of ether oxygens (including phenoxy) is 4. The minimum absolute atomic E-state index is 0.0343. The lowest BCUT2D eigenvalue weighted by Gasteiger charge is -2.22. The first-order valence-corrected chi connectivity index (χ1v) is 42.0. The summed E-state index contributed by atoms with van der Waals surface area (Å²) in [5.41, 5.74) is 24.5. The van der Waals surface area contributed by atoms with Crippen molar-refractivity contribution in [2.75, 3.05) is 54.8 Å². The highest BCUT2D eigenvalue weighted by Crippen LogP contribution is 2.41. The summed E-state index contributed by atoms with van der Waals surface area (Å²) in [6, 6.07) is 41.5. The van der Waals surface area contributed by atoms with E-state index in [1.807, 2.05) is 83.6 Å². The number of quaternary nitrogens is 1. The van der Waals surface area contributed by atoms with Gasteiger partial charge in [-0.05, 0) is 203 Å². The minimum Gasteiger partial charge on any atom is -0.497 e. The SMILES string of the molecule is COc1cc2c(CC(=O)O)c(C)n(C(=O)c3ccc(Cl)cc3)c2cc1Cl.COc1cc2c(CC(=O)O)c(C)n(C(=O)c3ccc(Cl)cc3)c2cc1Cl.COc1ccc2c(c1)c(CC(=O)O)c(C)n2-c1nc2ccccc2s1.COc1ccc2c(c1)c(CC(=O)O)c(C)n2-c1ncnc2c(Cl)cc(Cl)cc12.NCCCCC(N)C(=O)O.[NH3+]C(CCO)(CCO)CCO. The lowest BCUT2D eigenvalue weighted by molar-refractivity contribution is -0.485. The molecule has 14 rings (SSSR count). The van der Waals surface area contributed by atoms with E-state index in [9.17, 15) is 54.0 Å². The van der Waals surface area contributed by atoms with Gasteiger partial charge in [0.15, 0.2) is 5.13 Å². The maximum atomic E-state index is 13.1. The summed E-state index contributed by atoms with van der Waals surface area (Å²) in [7, 11) is 6.14. The number of nitrogens with zero attached hydrogens (tertiary/aromatic N) is 7. The summed E-state index contributed by atoms with van der Waals surface area (Å²) in [5.74, 6) is -2.47. The molecule has 126 heavy (non-hydrogen) atoms. The Bertz CT molecular complexity index is 6130. The van der Waals surface area contributed by atoms with E-state index in [4.69, 9.17) is 125 Å². The molecular formula is C90H93Cl6N10O19S+. The van der Waals surface area contributed by atoms with E-state index in [1.54, 1.807) is 124 Å². The number of aliphatic hydroxyl groups excluding tert-OH is 3. The third-order valence-electron chi connectivity index (χ3n) is 20.7. The molecule has 29 nitrogen and oxygen atoms in total. The molecule has 6 heterocycles. The van der Waals surface area contributed by atoms with Gasteiger partial charge in [-0.1, -0.05) is 99.5 Å². The Labute approximate surface area is 756 Å². The van der Waals surface area contributed by atoms with Crippen LogP contribution in [0.3, 0.4) is 0 Å². The van der Waals surface area contributed by atoms with Gasteiger partial charge in [0.2, 0.25) is 0 Å². The standard InChI is InChI=1S/C20H15Cl2N3O3.2C19H15Cl2NO4.C19H16N2O3S.C7H17NO3.C6H14N2O2/c1-10-13(8-18(26)27)14-7-12(28-2)3-4-17(14)25(10)20-15-5-11(21)6-16(22)19(15)23-9-24-20;2*1-10-13(8-18(23)24)14-7-17(26-2)15(21)9-16(14)22(10)19(25)11-3-5-12(20)6-4-11;1-11-13(10-18(22)23)14-9-12(24-2)7-8-16(14)21(11)19-20-15-5-3-4-6-17(15)25-19;8-7(1-4-9,2-5-10)3-6-11;7-4-2-1-3-5(8)6(9)10/h3-7,9H,8H2,1-2H3,(H,26,27);2*3-7,9H,8H2,1-2H3,(H,23,24);3-9H,10H2,1-2H3,(H,22,23);9-11H,1-6,8H2;5H,1-4,7-8H2,(H,9,10)/p+1. The van der Waals surface area contributed by atoms with Crippen LogP contribution in [0, 0.1) is 27.7 Å². The number of unbranched alkanes of at least 4 members (excludes halogenated alkanes) is 1. The molecule has 14 aromatic rings. The summed E-state index contributed by atoms with van der Waals surface area (Å²) in [6.07, 6.45) is 4.62. The Hall–Kier alpha value is -11.5. The smallest absolute Gasteiger partial charge is 0.320 e. The van der Waals surface area contributed by atoms with Gasteiger partial charge >= 0.3 is 29.8 Å². The first-order chi connectivity index (χ1) is 60.0. The molecule has 0 amide bonds. The lowest BCUT2D eigenvalue weighted by atomic mass is 9.90. The zero-order chi connectivity index (χ0) is 92.3. The van der Waals surface area contributed by atoms with E-state index in [0.29, 0.717) is 163 Å². The van der Waals surface area contributed by atoms with Gasteiger partial charge in [0, 0.05) is 115 Å². The molecule has 1 atom stereocenters. The van der Waals surface area contributed by atoms with Crippen molar-refractivity contribution in [2.45, 2.75) is 103 Å². The number of benzene rings is 8. The molecule has 0 aliphatic rings. The Kier molecular flexibility index (Phi) is 34.8. The fourth-order valence-electron chi connectivity index (χ4n) is 14.4. The maximum absolute atomic E-state index is 13.1. The number of methoxy groups -OCH3 is 4.